The maximum Gasteiger partial charge on any atom is 0.818 e. The van der Waals surface area contributed by atoms with E-state index in [1.165, 1.54) is 24.8 Å². The first-order valence-corrected chi connectivity index (χ1v) is 6.52. The van der Waals surface area contributed by atoms with E-state index in [-0.39, 0.29) is 11.8 Å². The average Bonchev–Trinajstić information content (AvgIpc) is 2.48. The van der Waals surface area contributed by atoms with Crippen molar-refractivity contribution in [2.45, 2.75) is 0 Å². The summed E-state index contributed by atoms with van der Waals surface area (Å²) in [5.74, 6) is -0.365. The van der Waals surface area contributed by atoms with E-state index in [1.807, 2.05) is 0 Å². The molecule has 2 rings (SSSR count). The molecule has 0 bridgehead atoms. The number of rotatable bonds is 4. The molecule has 0 unspecified atom stereocenters. The molecule has 0 N–H and O–H groups in total. The molecule has 0 saturated heterocycles. The number of ether oxygens (including phenoxy) is 2. The average molecular weight is 325 g/mol. The lowest BCUT2D eigenvalue weighted by Gasteiger charge is -1.97. The van der Waals surface area contributed by atoms with Crippen LogP contribution in [0.1, 0.15) is 0 Å². The van der Waals surface area contributed by atoms with Crippen LogP contribution in [0.5, 0.6) is 11.8 Å². The molecule has 0 aromatic carbocycles. The summed E-state index contributed by atoms with van der Waals surface area (Å²) >= 11 is 0. The van der Waals surface area contributed by atoms with Crippen molar-refractivity contribution < 1.29 is 32.7 Å². The third-order valence-electron chi connectivity index (χ3n) is 1.75. The molecule has 0 fully saturated rings. The SMILES string of the molecule is O=C(Oc1cnccn1)O[P+](=O)OC(=O)Oc1cnccn1. The van der Waals surface area contributed by atoms with E-state index in [4.69, 9.17) is 0 Å². The van der Waals surface area contributed by atoms with Crippen molar-refractivity contribution in [2.24, 2.45) is 0 Å². The number of hydrogen-bond donors (Lipinski definition) is 0. The van der Waals surface area contributed by atoms with Gasteiger partial charge in [-0.25, -0.2) is 9.97 Å². The van der Waals surface area contributed by atoms with Gasteiger partial charge in [-0.1, -0.05) is 0 Å². The van der Waals surface area contributed by atoms with Crippen molar-refractivity contribution >= 4 is 20.6 Å². The fourth-order valence-corrected chi connectivity index (χ4v) is 1.38. The van der Waals surface area contributed by atoms with E-state index in [0.29, 0.717) is 0 Å². The van der Waals surface area contributed by atoms with E-state index >= 15 is 0 Å². The number of aromatic nitrogens is 4. The number of hydrogen-bond acceptors (Lipinski definition) is 11. The molecule has 0 atom stereocenters. The van der Waals surface area contributed by atoms with Gasteiger partial charge < -0.3 is 9.47 Å². The van der Waals surface area contributed by atoms with E-state index in [1.54, 1.807) is 0 Å². The summed E-state index contributed by atoms with van der Waals surface area (Å²) in [6.45, 7) is 0. The standard InChI is InChI=1S/C10H6N4O7P/c15-9(18-7-5-11-1-3-13-7)20-22(17)21-10(16)19-8-6-12-2-4-14-8/h1-6H/q+1. The lowest BCUT2D eigenvalue weighted by Crippen LogP contribution is -2.11. The Morgan fingerprint density at radius 1 is 0.818 bits per heavy atom. The second-order valence-corrected chi connectivity index (χ2v) is 4.01. The zero-order valence-electron chi connectivity index (χ0n) is 10.6. The second-order valence-electron chi connectivity index (χ2n) is 3.20. The van der Waals surface area contributed by atoms with Crippen LogP contribution in [0.15, 0.2) is 37.2 Å². The Labute approximate surface area is 123 Å². The first kappa shape index (κ1) is 15.2. The molecule has 0 aliphatic carbocycles. The van der Waals surface area contributed by atoms with E-state index in [9.17, 15) is 14.2 Å². The minimum atomic E-state index is -3.15. The Morgan fingerprint density at radius 3 is 1.64 bits per heavy atom. The van der Waals surface area contributed by atoms with Gasteiger partial charge in [0.15, 0.2) is 0 Å². The zero-order chi connectivity index (χ0) is 15.8. The van der Waals surface area contributed by atoms with Gasteiger partial charge in [0, 0.05) is 29.4 Å². The van der Waals surface area contributed by atoms with Crippen LogP contribution < -0.4 is 9.47 Å². The van der Waals surface area contributed by atoms with Gasteiger partial charge >= 0.3 is 20.6 Å². The third-order valence-corrected chi connectivity index (χ3v) is 2.35. The van der Waals surface area contributed by atoms with Crippen LogP contribution in [0.4, 0.5) is 9.59 Å². The molecule has 11 nitrogen and oxygen atoms in total. The molecular formula is C10H6N4O7P+. The van der Waals surface area contributed by atoms with Gasteiger partial charge in [0.05, 0.1) is 12.4 Å². The Kier molecular flexibility index (Phi) is 5.21. The van der Waals surface area contributed by atoms with Crippen LogP contribution in [0.2, 0.25) is 0 Å². The van der Waals surface area contributed by atoms with Crippen LogP contribution in [0.25, 0.3) is 0 Å². The lowest BCUT2D eigenvalue weighted by atomic mass is 10.7. The predicted octanol–water partition coefficient (Wildman–Crippen LogP) is 1.65. The van der Waals surface area contributed by atoms with Crippen molar-refractivity contribution in [1.29, 1.82) is 0 Å². The van der Waals surface area contributed by atoms with Crippen molar-refractivity contribution in [3.05, 3.63) is 37.2 Å². The topological polar surface area (TPSA) is 140 Å². The van der Waals surface area contributed by atoms with Gasteiger partial charge in [0.1, 0.15) is 0 Å². The highest BCUT2D eigenvalue weighted by atomic mass is 31.1. The monoisotopic (exact) mass is 325 g/mol. The first-order chi connectivity index (χ1) is 10.6. The van der Waals surface area contributed by atoms with Crippen LogP contribution in [-0.2, 0) is 13.6 Å². The summed E-state index contributed by atoms with van der Waals surface area (Å²) in [6.07, 6.45) is 4.68. The molecule has 0 radical (unpaired) electrons. The number of nitrogens with zero attached hydrogens (tertiary/aromatic N) is 4. The zero-order valence-corrected chi connectivity index (χ0v) is 11.5. The molecule has 112 valence electrons. The van der Waals surface area contributed by atoms with E-state index < -0.39 is 20.6 Å². The summed E-state index contributed by atoms with van der Waals surface area (Å²) in [4.78, 5) is 36.9. The normalized spacial score (nSPS) is 9.45. The first-order valence-electron chi connectivity index (χ1n) is 5.42. The quantitative estimate of drug-likeness (QED) is 0.598. The fourth-order valence-electron chi connectivity index (χ4n) is 1.02. The maximum absolute atomic E-state index is 11.3. The molecule has 12 heteroatoms. The van der Waals surface area contributed by atoms with Crippen molar-refractivity contribution in [2.75, 3.05) is 0 Å². The minimum absolute atomic E-state index is 0.182. The molecule has 0 amide bonds. The van der Waals surface area contributed by atoms with Gasteiger partial charge in [0.2, 0.25) is 11.8 Å². The van der Waals surface area contributed by atoms with Crippen LogP contribution in [-0.4, -0.2) is 32.2 Å². The third kappa shape index (κ3) is 5.06. The maximum atomic E-state index is 11.3. The summed E-state index contributed by atoms with van der Waals surface area (Å²) in [5.41, 5.74) is 0. The Morgan fingerprint density at radius 2 is 1.27 bits per heavy atom. The minimum Gasteiger partial charge on any atom is -0.371 e. The predicted molar refractivity (Wildman–Crippen MR) is 65.9 cm³/mol. The van der Waals surface area contributed by atoms with Crippen LogP contribution in [0, 0.1) is 0 Å². The smallest absolute Gasteiger partial charge is 0.371 e. The molecule has 2 heterocycles. The van der Waals surface area contributed by atoms with E-state index in [2.05, 4.69) is 38.5 Å². The number of carbonyl (C=O) groups is 2. The summed E-state index contributed by atoms with van der Waals surface area (Å²) in [6, 6.07) is 0. The van der Waals surface area contributed by atoms with Crippen molar-refractivity contribution in [3.63, 3.8) is 0 Å². The molecule has 0 aliphatic heterocycles. The highest BCUT2D eigenvalue weighted by Gasteiger charge is 2.34. The number of carbonyl (C=O) groups excluding carboxylic acids is 2. The van der Waals surface area contributed by atoms with Gasteiger partial charge in [-0.2, -0.15) is 9.59 Å². The molecule has 22 heavy (non-hydrogen) atoms. The Hall–Kier alpha value is -3.20. The molecule has 0 saturated carbocycles. The van der Waals surface area contributed by atoms with Gasteiger partial charge in [0.25, 0.3) is 0 Å². The second kappa shape index (κ2) is 7.55. The summed E-state index contributed by atoms with van der Waals surface area (Å²) in [7, 11) is -3.15. The Bertz CT molecular complexity index is 612. The molecular weight excluding hydrogens is 319 g/mol. The lowest BCUT2D eigenvalue weighted by molar-refractivity contribution is 0.130. The molecule has 0 spiro atoms. The fraction of sp³-hybridized carbons (Fsp3) is 0. The molecule has 0 aliphatic rings. The molecule has 2 aromatic heterocycles. The largest absolute Gasteiger partial charge is 0.818 e. The van der Waals surface area contributed by atoms with Gasteiger partial charge in [-0.05, 0) is 0 Å². The Balaban J connectivity index is 1.77. The summed E-state index contributed by atoms with van der Waals surface area (Å²) in [5, 5.41) is 0. The van der Waals surface area contributed by atoms with Crippen LogP contribution in [0.3, 0.4) is 0 Å². The van der Waals surface area contributed by atoms with Gasteiger partial charge in [-0.15, -0.1) is 9.05 Å². The van der Waals surface area contributed by atoms with E-state index in [0.717, 1.165) is 12.4 Å². The van der Waals surface area contributed by atoms with Crippen molar-refractivity contribution in [3.8, 4) is 11.8 Å². The highest BCUT2D eigenvalue weighted by molar-refractivity contribution is 7.34. The molecule has 2 aromatic rings. The van der Waals surface area contributed by atoms with Crippen LogP contribution >= 0.6 is 8.25 Å². The van der Waals surface area contributed by atoms with Crippen molar-refractivity contribution in [1.82, 2.24) is 19.9 Å². The summed E-state index contributed by atoms with van der Waals surface area (Å²) < 4.78 is 28.7. The highest BCUT2D eigenvalue weighted by Crippen LogP contribution is 2.25. The van der Waals surface area contributed by atoms with Gasteiger partial charge in [-0.3, -0.25) is 9.97 Å².